The van der Waals surface area contributed by atoms with Crippen molar-refractivity contribution in [3.63, 3.8) is 0 Å². The van der Waals surface area contributed by atoms with Crippen LogP contribution >= 0.6 is 23.2 Å². The van der Waals surface area contributed by atoms with Gasteiger partial charge in [0.2, 0.25) is 0 Å². The maximum Gasteiger partial charge on any atom is 0.417 e. The maximum atomic E-state index is 14.4. The Bertz CT molecular complexity index is 1500. The fourth-order valence-corrected chi connectivity index (χ4v) is 5.69. The first-order valence-electron chi connectivity index (χ1n) is 11.7. The number of hydrazine groups is 1. The van der Waals surface area contributed by atoms with Gasteiger partial charge in [0.15, 0.2) is 5.82 Å². The van der Waals surface area contributed by atoms with Gasteiger partial charge in [0.25, 0.3) is 11.8 Å². The van der Waals surface area contributed by atoms with Crippen LogP contribution in [-0.2, 0) is 27.8 Å². The molecule has 12 heteroatoms. The van der Waals surface area contributed by atoms with Gasteiger partial charge in [-0.05, 0) is 47.9 Å². The number of allylic oxidation sites excluding steroid dienone is 3. The molecule has 0 saturated carbocycles. The third-order valence-electron chi connectivity index (χ3n) is 7.07. The molecule has 3 atom stereocenters. The van der Waals surface area contributed by atoms with Crippen molar-refractivity contribution < 1.29 is 32.3 Å². The average Bonchev–Trinajstić information content (AvgIpc) is 3.46. The van der Waals surface area contributed by atoms with E-state index in [-0.39, 0.29) is 24.6 Å². The summed E-state index contributed by atoms with van der Waals surface area (Å²) in [7, 11) is 0. The zero-order valence-electron chi connectivity index (χ0n) is 20.0. The molecule has 3 heterocycles. The zero-order chi connectivity index (χ0) is 28.1. The lowest BCUT2D eigenvalue weighted by atomic mass is 9.57. The number of furan rings is 1. The summed E-state index contributed by atoms with van der Waals surface area (Å²) in [5, 5.41) is 10.3. The second-order valence-corrected chi connectivity index (χ2v) is 9.95. The predicted molar refractivity (Wildman–Crippen MR) is 137 cm³/mol. The van der Waals surface area contributed by atoms with E-state index >= 15 is 0 Å². The number of anilines is 1. The van der Waals surface area contributed by atoms with Gasteiger partial charge in [-0.2, -0.15) is 18.2 Å². The van der Waals surface area contributed by atoms with Gasteiger partial charge >= 0.3 is 6.18 Å². The van der Waals surface area contributed by atoms with Crippen LogP contribution in [0.2, 0.25) is 10.0 Å². The number of benzene rings is 1. The Morgan fingerprint density at radius 3 is 2.51 bits per heavy atom. The largest absolute Gasteiger partial charge is 0.463 e. The molecule has 2 aromatic heterocycles. The van der Waals surface area contributed by atoms with Crippen LogP contribution in [0, 0.1) is 5.92 Å². The minimum Gasteiger partial charge on any atom is -0.463 e. The molecule has 1 saturated heterocycles. The summed E-state index contributed by atoms with van der Waals surface area (Å²) in [6.45, 7) is 3.51. The van der Waals surface area contributed by atoms with E-state index in [1.54, 1.807) is 48.6 Å². The summed E-state index contributed by atoms with van der Waals surface area (Å²) in [6.07, 6.45) is -0.609. The van der Waals surface area contributed by atoms with Gasteiger partial charge in [-0.25, -0.2) is 4.98 Å². The Hall–Kier alpha value is -3.60. The molecule has 5 rings (SSSR count). The Kier molecular flexibility index (Phi) is 6.82. The van der Waals surface area contributed by atoms with Gasteiger partial charge in [0.05, 0.1) is 22.4 Å². The summed E-state index contributed by atoms with van der Waals surface area (Å²) in [5.41, 5.74) is 0.989. The Balaban J connectivity index is 1.67. The molecular weight excluding hydrogens is 558 g/mol. The molecule has 2 amide bonds. The van der Waals surface area contributed by atoms with Crippen molar-refractivity contribution in [1.82, 2.24) is 9.99 Å². The van der Waals surface area contributed by atoms with Crippen molar-refractivity contribution in [2.24, 2.45) is 5.92 Å². The van der Waals surface area contributed by atoms with Gasteiger partial charge in [-0.3, -0.25) is 15.0 Å². The molecule has 39 heavy (non-hydrogen) atoms. The Labute approximate surface area is 230 Å². The molecule has 0 spiro atoms. The van der Waals surface area contributed by atoms with E-state index in [1.165, 1.54) is 0 Å². The smallest absolute Gasteiger partial charge is 0.417 e. The van der Waals surface area contributed by atoms with E-state index < -0.39 is 45.8 Å². The number of nitrogens with one attached hydrogen (secondary N) is 1. The topological polar surface area (TPSA) is 95.7 Å². The van der Waals surface area contributed by atoms with Crippen LogP contribution in [-0.4, -0.2) is 26.9 Å². The van der Waals surface area contributed by atoms with Crippen LogP contribution in [0.4, 0.5) is 19.0 Å². The number of carbonyl (C=O) groups excluding carboxylic acids is 2. The minimum atomic E-state index is -4.68. The highest BCUT2D eigenvalue weighted by molar-refractivity contribution is 6.33. The number of hydrogen-bond acceptors (Lipinski definition) is 6. The molecule has 1 fully saturated rings. The lowest BCUT2D eigenvalue weighted by molar-refractivity contribution is -0.139. The molecule has 7 nitrogen and oxygen atoms in total. The Morgan fingerprint density at radius 2 is 1.92 bits per heavy atom. The minimum absolute atomic E-state index is 0.158. The fourth-order valence-electron chi connectivity index (χ4n) is 5.36. The SMILES string of the molecule is C=CC1=CCC2C(=O)N(Nc3ncc(C(F)(F)F)cc3Cl)C(=O)C2(c2ccc(Cl)cc2)C1c1ccc(CO)o1. The number of rotatable bonds is 6. The molecular formula is C27H20Cl2F3N3O4. The van der Waals surface area contributed by atoms with Crippen LogP contribution in [0.25, 0.3) is 0 Å². The lowest BCUT2D eigenvalue weighted by Crippen LogP contribution is -2.48. The monoisotopic (exact) mass is 577 g/mol. The van der Waals surface area contributed by atoms with Gasteiger partial charge < -0.3 is 9.52 Å². The molecule has 2 N–H and O–H groups in total. The molecule has 202 valence electrons. The maximum absolute atomic E-state index is 14.4. The number of fused-ring (bicyclic) bond motifs is 1. The van der Waals surface area contributed by atoms with Crippen molar-refractivity contribution in [3.05, 3.63) is 106 Å². The molecule has 3 aromatic rings. The van der Waals surface area contributed by atoms with Crippen LogP contribution in [0.15, 0.2) is 77.4 Å². The van der Waals surface area contributed by atoms with E-state index in [2.05, 4.69) is 17.0 Å². The lowest BCUT2D eigenvalue weighted by Gasteiger charge is -2.41. The molecule has 0 radical (unpaired) electrons. The number of hydrogen-bond donors (Lipinski definition) is 2. The number of nitrogens with zero attached hydrogens (tertiary/aromatic N) is 2. The van der Waals surface area contributed by atoms with Crippen LogP contribution in [0.5, 0.6) is 0 Å². The Morgan fingerprint density at radius 1 is 1.21 bits per heavy atom. The number of aliphatic hydroxyl groups is 1. The number of pyridine rings is 1. The molecule has 1 aromatic carbocycles. The number of aliphatic hydroxyl groups excluding tert-OH is 1. The van der Waals surface area contributed by atoms with E-state index in [9.17, 15) is 27.9 Å². The zero-order valence-corrected chi connectivity index (χ0v) is 21.5. The van der Waals surface area contributed by atoms with Gasteiger partial charge in [0.1, 0.15) is 23.5 Å². The van der Waals surface area contributed by atoms with Crippen LogP contribution in [0.3, 0.4) is 0 Å². The van der Waals surface area contributed by atoms with Crippen molar-refractivity contribution in [2.75, 3.05) is 5.43 Å². The first kappa shape index (κ1) is 27.0. The fraction of sp³-hybridized carbons (Fsp3) is 0.222. The summed E-state index contributed by atoms with van der Waals surface area (Å²) in [5.74, 6) is -2.83. The molecule has 3 unspecified atom stereocenters. The predicted octanol–water partition coefficient (Wildman–Crippen LogP) is 6.04. The number of aromatic nitrogens is 1. The second kappa shape index (κ2) is 9.86. The third kappa shape index (κ3) is 4.32. The number of imide groups is 1. The van der Waals surface area contributed by atoms with E-state index in [1.807, 2.05) is 0 Å². The molecule has 1 aliphatic heterocycles. The van der Waals surface area contributed by atoms with Crippen molar-refractivity contribution >= 4 is 40.8 Å². The first-order chi connectivity index (χ1) is 18.5. The highest BCUT2D eigenvalue weighted by atomic mass is 35.5. The second-order valence-electron chi connectivity index (χ2n) is 9.11. The first-order valence-corrected chi connectivity index (χ1v) is 12.4. The van der Waals surface area contributed by atoms with E-state index in [0.29, 0.717) is 34.2 Å². The number of halogens is 5. The summed E-state index contributed by atoms with van der Waals surface area (Å²) >= 11 is 12.2. The van der Waals surface area contributed by atoms with Gasteiger partial charge in [-0.15, -0.1) is 0 Å². The van der Waals surface area contributed by atoms with E-state index in [4.69, 9.17) is 27.6 Å². The van der Waals surface area contributed by atoms with Crippen LogP contribution in [0.1, 0.15) is 35.0 Å². The molecule has 2 aliphatic rings. The third-order valence-corrected chi connectivity index (χ3v) is 7.61. The molecule has 1 aliphatic carbocycles. The number of alkyl halides is 3. The quantitative estimate of drug-likeness (QED) is 0.347. The number of amides is 2. The van der Waals surface area contributed by atoms with Crippen LogP contribution < -0.4 is 5.43 Å². The van der Waals surface area contributed by atoms with Crippen molar-refractivity contribution in [1.29, 1.82) is 0 Å². The summed E-state index contributed by atoms with van der Waals surface area (Å²) < 4.78 is 45.2. The van der Waals surface area contributed by atoms with Gasteiger partial charge in [0, 0.05) is 11.2 Å². The number of carbonyl (C=O) groups is 2. The summed E-state index contributed by atoms with van der Waals surface area (Å²) in [4.78, 5) is 32.0. The normalized spacial score (nSPS) is 23.0. The molecule has 0 bridgehead atoms. The average molecular weight is 578 g/mol. The highest BCUT2D eigenvalue weighted by Gasteiger charge is 2.66. The standard InChI is InChI=1S/C27H20Cl2F3N3O4/c1-2-14-3-9-19-24(37)35(34-23-20(29)11-16(12-33-23)27(30,31)32)25(38)26(19,15-4-6-17(28)7-5-15)22(14)21-10-8-18(13-36)39-21/h2-8,10-12,19,22,36H,1,9,13H2,(H,33,34). The van der Waals surface area contributed by atoms with Crippen molar-refractivity contribution in [3.8, 4) is 0 Å². The van der Waals surface area contributed by atoms with Gasteiger partial charge in [-0.1, -0.05) is 54.1 Å². The highest BCUT2D eigenvalue weighted by Crippen LogP contribution is 2.58. The van der Waals surface area contributed by atoms with E-state index in [0.717, 1.165) is 5.01 Å². The van der Waals surface area contributed by atoms with Crippen molar-refractivity contribution in [2.45, 2.75) is 30.5 Å². The summed E-state index contributed by atoms with van der Waals surface area (Å²) in [6, 6.07) is 10.3.